The lowest BCUT2D eigenvalue weighted by molar-refractivity contribution is -0.117. The van der Waals surface area contributed by atoms with E-state index < -0.39 is 0 Å². The zero-order chi connectivity index (χ0) is 17.1. The lowest BCUT2D eigenvalue weighted by Gasteiger charge is -2.25. The fourth-order valence-corrected chi connectivity index (χ4v) is 3.74. The van der Waals surface area contributed by atoms with E-state index in [4.69, 9.17) is 0 Å². The summed E-state index contributed by atoms with van der Waals surface area (Å²) in [6.07, 6.45) is 5.45. The third-order valence-corrected chi connectivity index (χ3v) is 5.21. The molecular formula is C18H19N5OS. The van der Waals surface area contributed by atoms with Crippen LogP contribution in [0.5, 0.6) is 0 Å². The first kappa shape index (κ1) is 16.1. The van der Waals surface area contributed by atoms with Crippen molar-refractivity contribution in [2.45, 2.75) is 19.3 Å². The van der Waals surface area contributed by atoms with Crippen LogP contribution in [0.1, 0.15) is 19.3 Å². The van der Waals surface area contributed by atoms with Gasteiger partial charge < -0.3 is 5.32 Å². The number of hydrogen-bond donors (Lipinski definition) is 1. The second kappa shape index (κ2) is 7.25. The van der Waals surface area contributed by atoms with Crippen molar-refractivity contribution in [3.8, 4) is 10.4 Å². The normalized spacial score (nSPS) is 15.4. The van der Waals surface area contributed by atoms with Crippen molar-refractivity contribution < 1.29 is 4.79 Å². The molecule has 25 heavy (non-hydrogen) atoms. The van der Waals surface area contributed by atoms with Crippen molar-refractivity contribution in [3.63, 3.8) is 0 Å². The number of amides is 1. The Morgan fingerprint density at radius 3 is 2.84 bits per heavy atom. The fraction of sp³-hybridized carbons (Fsp3) is 0.333. The number of rotatable bonds is 4. The number of nitrogens with one attached hydrogen (secondary N) is 1. The van der Waals surface area contributed by atoms with Crippen molar-refractivity contribution in [2.75, 3.05) is 25.0 Å². The van der Waals surface area contributed by atoms with Gasteiger partial charge in [-0.05, 0) is 49.7 Å². The van der Waals surface area contributed by atoms with E-state index in [-0.39, 0.29) is 5.91 Å². The van der Waals surface area contributed by atoms with Gasteiger partial charge in [0.25, 0.3) is 0 Å². The van der Waals surface area contributed by atoms with Crippen LogP contribution in [-0.4, -0.2) is 45.6 Å². The summed E-state index contributed by atoms with van der Waals surface area (Å²) in [6.45, 7) is 2.41. The molecule has 0 bridgehead atoms. The molecule has 0 radical (unpaired) electrons. The van der Waals surface area contributed by atoms with Crippen molar-refractivity contribution in [1.82, 2.24) is 20.1 Å². The minimum absolute atomic E-state index is 0.0332. The molecule has 128 valence electrons. The highest BCUT2D eigenvalue weighted by Gasteiger charge is 2.14. The number of benzene rings is 1. The maximum atomic E-state index is 12.2. The second-order valence-electron chi connectivity index (χ2n) is 6.25. The van der Waals surface area contributed by atoms with E-state index in [1.807, 2.05) is 29.9 Å². The number of fused-ring (bicyclic) bond motifs is 1. The summed E-state index contributed by atoms with van der Waals surface area (Å²) in [6, 6.07) is 7.88. The molecule has 0 saturated carbocycles. The lowest BCUT2D eigenvalue weighted by atomic mass is 10.1. The lowest BCUT2D eigenvalue weighted by Crippen LogP contribution is -2.37. The molecule has 0 atom stereocenters. The molecule has 1 aliphatic heterocycles. The zero-order valence-corrected chi connectivity index (χ0v) is 14.6. The Morgan fingerprint density at radius 2 is 2.04 bits per heavy atom. The van der Waals surface area contributed by atoms with E-state index in [0.717, 1.165) is 34.4 Å². The zero-order valence-electron chi connectivity index (χ0n) is 13.8. The molecule has 1 saturated heterocycles. The number of likely N-dealkylation sites (tertiary alicyclic amines) is 1. The number of aromatic nitrogens is 3. The Morgan fingerprint density at radius 1 is 1.16 bits per heavy atom. The highest BCUT2D eigenvalue weighted by atomic mass is 32.1. The van der Waals surface area contributed by atoms with E-state index >= 15 is 0 Å². The number of thiazole rings is 1. The molecule has 1 aromatic carbocycles. The van der Waals surface area contributed by atoms with Crippen LogP contribution in [0, 0.1) is 0 Å². The van der Waals surface area contributed by atoms with Crippen LogP contribution in [0.15, 0.2) is 36.0 Å². The maximum absolute atomic E-state index is 12.2. The Kier molecular flexibility index (Phi) is 4.67. The summed E-state index contributed by atoms with van der Waals surface area (Å²) >= 11 is 1.60. The molecule has 0 spiro atoms. The van der Waals surface area contributed by atoms with Crippen LogP contribution in [-0.2, 0) is 4.79 Å². The number of piperidine rings is 1. The average molecular weight is 353 g/mol. The molecule has 3 heterocycles. The molecule has 0 unspecified atom stereocenters. The van der Waals surface area contributed by atoms with Crippen molar-refractivity contribution >= 4 is 34.0 Å². The molecular weight excluding hydrogens is 334 g/mol. The predicted octanol–water partition coefficient (Wildman–Crippen LogP) is 3.18. The number of nitrogens with zero attached hydrogens (tertiary/aromatic N) is 4. The topological polar surface area (TPSA) is 71.0 Å². The van der Waals surface area contributed by atoms with Crippen LogP contribution < -0.4 is 5.32 Å². The Bertz CT molecular complexity index is 874. The van der Waals surface area contributed by atoms with Crippen LogP contribution in [0.2, 0.25) is 0 Å². The van der Waals surface area contributed by atoms with Crippen LogP contribution in [0.25, 0.3) is 21.3 Å². The first-order chi connectivity index (χ1) is 12.3. The van der Waals surface area contributed by atoms with Gasteiger partial charge in [-0.15, -0.1) is 21.5 Å². The van der Waals surface area contributed by atoms with Gasteiger partial charge >= 0.3 is 0 Å². The predicted molar refractivity (Wildman–Crippen MR) is 99.6 cm³/mol. The van der Waals surface area contributed by atoms with Gasteiger partial charge in [-0.3, -0.25) is 14.7 Å². The largest absolute Gasteiger partial charge is 0.308 e. The molecule has 0 aliphatic carbocycles. The van der Waals surface area contributed by atoms with Gasteiger partial charge in [-0.2, -0.15) is 0 Å². The number of carbonyl (C=O) groups is 1. The smallest absolute Gasteiger partial charge is 0.239 e. The van der Waals surface area contributed by atoms with E-state index in [9.17, 15) is 4.79 Å². The van der Waals surface area contributed by atoms with E-state index in [0.29, 0.717) is 12.4 Å². The molecule has 2 aromatic heterocycles. The van der Waals surface area contributed by atoms with Gasteiger partial charge in [0.1, 0.15) is 0 Å². The van der Waals surface area contributed by atoms with Gasteiger partial charge in [0, 0.05) is 11.6 Å². The standard InChI is InChI=1S/C18H19N5OS/c24-18(11-23-6-2-1-3-7-23)20-17-9-14-8-13(16-10-19-12-25-16)4-5-15(14)21-22-17/h4-5,8-10,12H,1-3,6-7,11H2,(H,20,22,24). The first-order valence-corrected chi connectivity index (χ1v) is 9.34. The van der Waals surface area contributed by atoms with E-state index in [2.05, 4.69) is 31.5 Å². The number of hydrogen-bond acceptors (Lipinski definition) is 6. The number of anilines is 1. The van der Waals surface area contributed by atoms with Crippen LogP contribution in [0.3, 0.4) is 0 Å². The molecule has 1 amide bonds. The summed E-state index contributed by atoms with van der Waals surface area (Å²) in [5.74, 6) is 0.463. The minimum Gasteiger partial charge on any atom is -0.308 e. The van der Waals surface area contributed by atoms with Gasteiger partial charge in [-0.1, -0.05) is 12.5 Å². The Balaban J connectivity index is 1.50. The number of carbonyl (C=O) groups excluding carboxylic acids is 1. The summed E-state index contributed by atoms with van der Waals surface area (Å²) in [4.78, 5) is 19.7. The van der Waals surface area contributed by atoms with E-state index in [1.165, 1.54) is 19.3 Å². The highest BCUT2D eigenvalue weighted by Crippen LogP contribution is 2.26. The monoisotopic (exact) mass is 353 g/mol. The van der Waals surface area contributed by atoms with Crippen molar-refractivity contribution in [3.05, 3.63) is 36.0 Å². The average Bonchev–Trinajstić information content (AvgIpc) is 3.16. The molecule has 7 heteroatoms. The van der Waals surface area contributed by atoms with Crippen molar-refractivity contribution in [2.24, 2.45) is 0 Å². The van der Waals surface area contributed by atoms with Gasteiger partial charge in [-0.25, -0.2) is 0 Å². The summed E-state index contributed by atoms with van der Waals surface area (Å²) in [5.41, 5.74) is 3.72. The molecule has 1 fully saturated rings. The molecule has 1 aliphatic rings. The molecule has 1 N–H and O–H groups in total. The van der Waals surface area contributed by atoms with Crippen LogP contribution in [0.4, 0.5) is 5.82 Å². The minimum atomic E-state index is -0.0332. The van der Waals surface area contributed by atoms with Gasteiger partial charge in [0.15, 0.2) is 5.82 Å². The SMILES string of the molecule is O=C(CN1CCCCC1)Nc1cc2cc(-c3cncs3)ccc2nn1. The Labute approximate surface area is 149 Å². The molecule has 3 aromatic rings. The first-order valence-electron chi connectivity index (χ1n) is 8.46. The van der Waals surface area contributed by atoms with Gasteiger partial charge in [0.05, 0.1) is 22.4 Å². The highest BCUT2D eigenvalue weighted by molar-refractivity contribution is 7.13. The third kappa shape index (κ3) is 3.83. The molecule has 6 nitrogen and oxygen atoms in total. The van der Waals surface area contributed by atoms with Crippen molar-refractivity contribution in [1.29, 1.82) is 0 Å². The summed E-state index contributed by atoms with van der Waals surface area (Å²) in [7, 11) is 0. The second-order valence-corrected chi connectivity index (χ2v) is 7.14. The Hall–Kier alpha value is -2.38. The fourth-order valence-electron chi connectivity index (χ4n) is 3.12. The summed E-state index contributed by atoms with van der Waals surface area (Å²) < 4.78 is 0. The maximum Gasteiger partial charge on any atom is 0.239 e. The quantitative estimate of drug-likeness (QED) is 0.780. The summed E-state index contributed by atoms with van der Waals surface area (Å²) in [5, 5.41) is 12.2. The molecule has 4 rings (SSSR count). The van der Waals surface area contributed by atoms with Crippen LogP contribution >= 0.6 is 11.3 Å². The third-order valence-electron chi connectivity index (χ3n) is 4.39. The van der Waals surface area contributed by atoms with Gasteiger partial charge in [0.2, 0.25) is 5.91 Å². The van der Waals surface area contributed by atoms with E-state index in [1.54, 1.807) is 11.3 Å².